The predicted octanol–water partition coefficient (Wildman–Crippen LogP) is 2.40. The number of carbonyl (C=O) groups is 2. The highest BCUT2D eigenvalue weighted by molar-refractivity contribution is 6.07. The quantitative estimate of drug-likeness (QED) is 0.879. The molecule has 1 saturated heterocycles. The van der Waals surface area contributed by atoms with E-state index in [1.54, 1.807) is 17.0 Å². The van der Waals surface area contributed by atoms with E-state index in [2.05, 4.69) is 5.32 Å². The van der Waals surface area contributed by atoms with Crippen LogP contribution in [0.25, 0.3) is 0 Å². The molecule has 0 saturated carbocycles. The number of amides is 2. The summed E-state index contributed by atoms with van der Waals surface area (Å²) < 4.78 is 32.0. The fraction of sp³-hybridized carbons (Fsp3) is 0.222. The maximum Gasteiger partial charge on any atom is 0.262 e. The van der Waals surface area contributed by atoms with Gasteiger partial charge in [0.2, 0.25) is 0 Å². The zero-order valence-corrected chi connectivity index (χ0v) is 13.7. The van der Waals surface area contributed by atoms with Crippen molar-refractivity contribution in [3.63, 3.8) is 0 Å². The molecule has 1 fully saturated rings. The molecular formula is C18H16F2N2O4. The van der Waals surface area contributed by atoms with E-state index < -0.39 is 28.9 Å². The first kappa shape index (κ1) is 17.8. The first-order valence-electron chi connectivity index (χ1n) is 7.92. The van der Waals surface area contributed by atoms with E-state index in [9.17, 15) is 23.5 Å². The Bertz CT molecular complexity index is 828. The Kier molecular flexibility index (Phi) is 5.13. The Morgan fingerprint density at radius 3 is 2.54 bits per heavy atom. The van der Waals surface area contributed by atoms with Crippen LogP contribution >= 0.6 is 0 Å². The average molecular weight is 362 g/mol. The lowest BCUT2D eigenvalue weighted by Gasteiger charge is -2.27. The minimum atomic E-state index is -1.18. The van der Waals surface area contributed by atoms with Gasteiger partial charge in [0.15, 0.2) is 0 Å². The molecule has 26 heavy (non-hydrogen) atoms. The molecule has 2 aromatic carbocycles. The molecule has 0 unspecified atom stereocenters. The molecule has 8 heteroatoms. The molecular weight excluding hydrogens is 346 g/mol. The molecule has 136 valence electrons. The summed E-state index contributed by atoms with van der Waals surface area (Å²) in [6.07, 6.45) is 0. The predicted molar refractivity (Wildman–Crippen MR) is 89.1 cm³/mol. The summed E-state index contributed by atoms with van der Waals surface area (Å²) in [6, 6.07) is 7.30. The van der Waals surface area contributed by atoms with Crippen LogP contribution in [0.4, 0.5) is 14.5 Å². The molecule has 1 aliphatic heterocycles. The van der Waals surface area contributed by atoms with Crippen LogP contribution in [-0.4, -0.2) is 48.1 Å². The molecule has 2 amide bonds. The second kappa shape index (κ2) is 7.49. The lowest BCUT2D eigenvalue weighted by molar-refractivity contribution is 0.0303. The number of morpholine rings is 1. The van der Waals surface area contributed by atoms with Gasteiger partial charge in [-0.1, -0.05) is 6.07 Å². The molecule has 0 spiro atoms. The number of aromatic hydroxyl groups is 1. The van der Waals surface area contributed by atoms with Crippen LogP contribution < -0.4 is 5.32 Å². The molecule has 2 N–H and O–H groups in total. The van der Waals surface area contributed by atoms with Crippen molar-refractivity contribution in [2.24, 2.45) is 0 Å². The van der Waals surface area contributed by atoms with Crippen LogP contribution in [0.2, 0.25) is 0 Å². The van der Waals surface area contributed by atoms with Gasteiger partial charge in [-0.05, 0) is 18.2 Å². The van der Waals surface area contributed by atoms with E-state index in [0.29, 0.717) is 44.0 Å². The Labute approximate surface area is 148 Å². The summed E-state index contributed by atoms with van der Waals surface area (Å²) in [7, 11) is 0. The minimum Gasteiger partial charge on any atom is -0.507 e. The number of benzene rings is 2. The van der Waals surface area contributed by atoms with Crippen molar-refractivity contribution in [1.82, 2.24) is 4.90 Å². The van der Waals surface area contributed by atoms with Crippen molar-refractivity contribution >= 4 is 17.5 Å². The second-order valence-corrected chi connectivity index (χ2v) is 5.72. The van der Waals surface area contributed by atoms with Crippen LogP contribution in [0.1, 0.15) is 20.7 Å². The fourth-order valence-electron chi connectivity index (χ4n) is 2.66. The third-order valence-corrected chi connectivity index (χ3v) is 3.93. The standard InChI is InChI=1S/C18H16F2N2O4/c19-12-9-14(20)16(15(23)10-12)17(24)21-13-3-1-2-11(8-13)18(25)22-4-6-26-7-5-22/h1-3,8-10,23H,4-7H2,(H,21,24). The summed E-state index contributed by atoms with van der Waals surface area (Å²) in [6.45, 7) is 1.88. The van der Waals surface area contributed by atoms with Crippen molar-refractivity contribution in [3.05, 3.63) is 59.2 Å². The smallest absolute Gasteiger partial charge is 0.262 e. The van der Waals surface area contributed by atoms with Crippen molar-refractivity contribution in [3.8, 4) is 5.75 Å². The lowest BCUT2D eigenvalue weighted by Crippen LogP contribution is -2.40. The molecule has 0 atom stereocenters. The topological polar surface area (TPSA) is 78.9 Å². The van der Waals surface area contributed by atoms with Gasteiger partial charge < -0.3 is 20.1 Å². The Balaban J connectivity index is 1.78. The second-order valence-electron chi connectivity index (χ2n) is 5.72. The van der Waals surface area contributed by atoms with E-state index >= 15 is 0 Å². The number of halogens is 2. The monoisotopic (exact) mass is 362 g/mol. The third kappa shape index (κ3) is 3.80. The number of nitrogens with zero attached hydrogens (tertiary/aromatic N) is 1. The zero-order valence-electron chi connectivity index (χ0n) is 13.7. The van der Waals surface area contributed by atoms with Gasteiger partial charge in [0.05, 0.1) is 13.2 Å². The molecule has 1 aliphatic rings. The van der Waals surface area contributed by atoms with Gasteiger partial charge in [-0.15, -0.1) is 0 Å². The van der Waals surface area contributed by atoms with Gasteiger partial charge in [-0.3, -0.25) is 9.59 Å². The number of ether oxygens (including phenoxy) is 1. The van der Waals surface area contributed by atoms with Gasteiger partial charge in [0.1, 0.15) is 22.9 Å². The summed E-state index contributed by atoms with van der Waals surface area (Å²) in [5, 5.41) is 12.0. The highest BCUT2D eigenvalue weighted by Gasteiger charge is 2.21. The summed E-state index contributed by atoms with van der Waals surface area (Å²) in [5.41, 5.74) is -0.0676. The minimum absolute atomic E-state index is 0.208. The molecule has 1 heterocycles. The number of phenolic OH excluding ortho intramolecular Hbond substituents is 1. The normalized spacial score (nSPS) is 14.2. The van der Waals surface area contributed by atoms with Crippen molar-refractivity contribution in [1.29, 1.82) is 0 Å². The van der Waals surface area contributed by atoms with Gasteiger partial charge in [0.25, 0.3) is 11.8 Å². The maximum atomic E-state index is 13.8. The van der Waals surface area contributed by atoms with Crippen LogP contribution in [-0.2, 0) is 4.74 Å². The summed E-state index contributed by atoms with van der Waals surface area (Å²) in [4.78, 5) is 26.3. The van der Waals surface area contributed by atoms with Crippen molar-refractivity contribution in [2.75, 3.05) is 31.6 Å². The number of phenols is 1. The molecule has 0 bridgehead atoms. The molecule has 3 rings (SSSR count). The van der Waals surface area contributed by atoms with Crippen LogP contribution in [0.3, 0.4) is 0 Å². The SMILES string of the molecule is O=C(Nc1cccc(C(=O)N2CCOCC2)c1)c1c(O)cc(F)cc1F. The molecule has 6 nitrogen and oxygen atoms in total. The number of hydrogen-bond donors (Lipinski definition) is 2. The van der Waals surface area contributed by atoms with Crippen LogP contribution in [0.15, 0.2) is 36.4 Å². The number of hydrogen-bond acceptors (Lipinski definition) is 4. The maximum absolute atomic E-state index is 13.8. The number of nitrogens with one attached hydrogen (secondary N) is 1. The van der Waals surface area contributed by atoms with Crippen LogP contribution in [0, 0.1) is 11.6 Å². The van der Waals surface area contributed by atoms with E-state index in [1.165, 1.54) is 12.1 Å². The van der Waals surface area contributed by atoms with Gasteiger partial charge in [-0.2, -0.15) is 0 Å². The highest BCUT2D eigenvalue weighted by atomic mass is 19.1. The number of carbonyl (C=O) groups excluding carboxylic acids is 2. The molecule has 0 aliphatic carbocycles. The molecule has 0 radical (unpaired) electrons. The zero-order chi connectivity index (χ0) is 18.7. The molecule has 0 aromatic heterocycles. The average Bonchev–Trinajstić information content (AvgIpc) is 2.61. The number of anilines is 1. The summed E-state index contributed by atoms with van der Waals surface area (Å²) >= 11 is 0. The van der Waals surface area contributed by atoms with E-state index in [-0.39, 0.29) is 11.6 Å². The van der Waals surface area contributed by atoms with Crippen molar-refractivity contribution < 1.29 is 28.2 Å². The van der Waals surface area contributed by atoms with Gasteiger partial charge >= 0.3 is 0 Å². The third-order valence-electron chi connectivity index (χ3n) is 3.93. The molecule has 2 aromatic rings. The first-order chi connectivity index (χ1) is 12.5. The fourth-order valence-corrected chi connectivity index (χ4v) is 2.66. The lowest BCUT2D eigenvalue weighted by atomic mass is 10.1. The largest absolute Gasteiger partial charge is 0.507 e. The van der Waals surface area contributed by atoms with Gasteiger partial charge in [-0.25, -0.2) is 8.78 Å². The Morgan fingerprint density at radius 2 is 1.85 bits per heavy atom. The summed E-state index contributed by atoms with van der Waals surface area (Å²) in [5.74, 6) is -4.13. The first-order valence-corrected chi connectivity index (χ1v) is 7.92. The van der Waals surface area contributed by atoms with E-state index in [4.69, 9.17) is 4.74 Å². The Hall–Kier alpha value is -3.00. The van der Waals surface area contributed by atoms with Crippen molar-refractivity contribution in [2.45, 2.75) is 0 Å². The Morgan fingerprint density at radius 1 is 1.12 bits per heavy atom. The van der Waals surface area contributed by atoms with E-state index in [1.807, 2.05) is 0 Å². The highest BCUT2D eigenvalue weighted by Crippen LogP contribution is 2.23. The van der Waals surface area contributed by atoms with Gasteiger partial charge in [0, 0.05) is 36.5 Å². The number of rotatable bonds is 3. The van der Waals surface area contributed by atoms with E-state index in [0.717, 1.165) is 0 Å². The van der Waals surface area contributed by atoms with Crippen LogP contribution in [0.5, 0.6) is 5.75 Å².